The lowest BCUT2D eigenvalue weighted by molar-refractivity contribution is -0.341. The molecule has 0 aliphatic carbocycles. The number of carbonyl (C=O) groups is 6. The number of esters is 5. The average molecular weight is 808 g/mol. The third-order valence-electron chi connectivity index (χ3n) is 8.87. The molecule has 0 unspecified atom stereocenters. The second-order valence-electron chi connectivity index (χ2n) is 13.4. The highest BCUT2D eigenvalue weighted by molar-refractivity contribution is 5.90. The lowest BCUT2D eigenvalue weighted by Crippen LogP contribution is -2.69. The number of hydrogen-bond acceptors (Lipinski definition) is 16. The Balaban J connectivity index is 1.59. The molecule has 3 aromatic carbocycles. The summed E-state index contributed by atoms with van der Waals surface area (Å²) in [4.78, 5) is 76.8. The van der Waals surface area contributed by atoms with Crippen molar-refractivity contribution in [3.05, 3.63) is 108 Å². The van der Waals surface area contributed by atoms with E-state index in [9.17, 15) is 33.9 Å². The number of aliphatic hydroxyl groups is 1. The molecule has 5 rings (SSSR count). The lowest BCUT2D eigenvalue weighted by Gasteiger charge is -2.48. The van der Waals surface area contributed by atoms with Gasteiger partial charge in [0.05, 0.1) is 24.3 Å². The van der Waals surface area contributed by atoms with Crippen LogP contribution >= 0.6 is 0 Å². The highest BCUT2D eigenvalue weighted by Crippen LogP contribution is 2.34. The standard InChI is InChI=1S/C41H45NO16/c1-23(43)42-32-35(53-26(4)46)33(52-25(3)45)31(22-51-24(2)44)55-41(32)58-34-30(21-50-20-27-14-8-5-9-15-27)54-40(49)37(57-39(48)29-18-12-7-13-19-29)36(34)56-38(47)28-16-10-6-11-17-28/h5-19,30-37,40-41,49H,20-22H2,1-4H3,(H,42,43)/t30-,31-,32-,33+,34-,35-,36+,37-,40-,41+/m1/s1. The van der Waals surface area contributed by atoms with E-state index in [1.807, 2.05) is 30.3 Å². The van der Waals surface area contributed by atoms with E-state index in [1.165, 1.54) is 24.3 Å². The van der Waals surface area contributed by atoms with Gasteiger partial charge >= 0.3 is 29.8 Å². The molecule has 0 spiro atoms. The van der Waals surface area contributed by atoms with Gasteiger partial charge in [-0.3, -0.25) is 19.2 Å². The maximum Gasteiger partial charge on any atom is 0.338 e. The Bertz CT molecular complexity index is 1860. The van der Waals surface area contributed by atoms with Crippen molar-refractivity contribution in [3.63, 3.8) is 0 Å². The lowest BCUT2D eigenvalue weighted by atomic mass is 9.94. The summed E-state index contributed by atoms with van der Waals surface area (Å²) >= 11 is 0. The van der Waals surface area contributed by atoms with E-state index in [2.05, 4.69) is 5.32 Å². The first-order valence-electron chi connectivity index (χ1n) is 18.3. The Hall–Kier alpha value is -5.72. The zero-order chi connectivity index (χ0) is 41.8. The smallest absolute Gasteiger partial charge is 0.338 e. The van der Waals surface area contributed by atoms with Gasteiger partial charge in [-0.05, 0) is 29.8 Å². The predicted molar refractivity (Wildman–Crippen MR) is 197 cm³/mol. The third kappa shape index (κ3) is 11.9. The maximum absolute atomic E-state index is 13.8. The minimum atomic E-state index is -1.91. The summed E-state index contributed by atoms with van der Waals surface area (Å²) in [5.41, 5.74) is 0.982. The first-order chi connectivity index (χ1) is 27.8. The summed E-state index contributed by atoms with van der Waals surface area (Å²) in [5.74, 6) is -4.85. The number of amides is 1. The average Bonchev–Trinajstić information content (AvgIpc) is 3.19. The molecule has 0 bridgehead atoms. The van der Waals surface area contributed by atoms with Crippen LogP contribution in [0.15, 0.2) is 91.0 Å². The van der Waals surface area contributed by atoms with E-state index in [-0.39, 0.29) is 24.3 Å². The molecule has 17 heteroatoms. The molecule has 2 saturated heterocycles. The van der Waals surface area contributed by atoms with Crippen molar-refractivity contribution in [2.45, 2.75) is 95.7 Å². The monoisotopic (exact) mass is 807 g/mol. The Kier molecular flexibility index (Phi) is 15.4. The third-order valence-corrected chi connectivity index (χ3v) is 8.87. The van der Waals surface area contributed by atoms with Crippen LogP contribution in [-0.4, -0.2) is 115 Å². The minimum absolute atomic E-state index is 0.0713. The second kappa shape index (κ2) is 20.6. The van der Waals surface area contributed by atoms with Gasteiger partial charge in [0.15, 0.2) is 37.0 Å². The van der Waals surface area contributed by atoms with Gasteiger partial charge in [0, 0.05) is 27.7 Å². The SMILES string of the molecule is CC(=O)N[C@H]1[C@H](O[C@H]2[C@H](OC(=O)c3ccccc3)[C@@H](OC(=O)c3ccccc3)[C@H](O)O[C@@H]2COCc2ccccc2)O[C@H](COC(C)=O)[C@H](OC(C)=O)[C@@H]1OC(C)=O. The molecule has 2 heterocycles. The summed E-state index contributed by atoms with van der Waals surface area (Å²) in [7, 11) is 0. The molecule has 2 fully saturated rings. The van der Waals surface area contributed by atoms with E-state index >= 15 is 0 Å². The Labute approximate surface area is 333 Å². The van der Waals surface area contributed by atoms with Gasteiger partial charge in [0.2, 0.25) is 5.91 Å². The summed E-state index contributed by atoms with van der Waals surface area (Å²) in [6, 6.07) is 23.3. The quantitative estimate of drug-likeness (QED) is 0.166. The van der Waals surface area contributed by atoms with E-state index in [0.29, 0.717) is 0 Å². The number of rotatable bonds is 15. The number of carbonyl (C=O) groups excluding carboxylic acids is 6. The molecule has 58 heavy (non-hydrogen) atoms. The summed E-state index contributed by atoms with van der Waals surface area (Å²) in [5, 5.41) is 14.1. The van der Waals surface area contributed by atoms with Gasteiger partial charge in [-0.2, -0.15) is 0 Å². The van der Waals surface area contributed by atoms with Gasteiger partial charge in [-0.15, -0.1) is 0 Å². The highest BCUT2D eigenvalue weighted by Gasteiger charge is 2.56. The van der Waals surface area contributed by atoms with Crippen LogP contribution in [0.5, 0.6) is 0 Å². The number of nitrogens with one attached hydrogen (secondary N) is 1. The molecule has 17 nitrogen and oxygen atoms in total. The van der Waals surface area contributed by atoms with Gasteiger partial charge in [-0.25, -0.2) is 9.59 Å². The predicted octanol–water partition coefficient (Wildman–Crippen LogP) is 2.41. The molecular formula is C41H45NO16. The molecule has 2 N–H and O–H groups in total. The van der Waals surface area contributed by atoms with E-state index in [4.69, 9.17) is 42.6 Å². The van der Waals surface area contributed by atoms with Crippen LogP contribution in [0.25, 0.3) is 0 Å². The van der Waals surface area contributed by atoms with Crippen molar-refractivity contribution in [2.75, 3.05) is 13.2 Å². The Morgan fingerprint density at radius 3 is 1.64 bits per heavy atom. The fourth-order valence-electron chi connectivity index (χ4n) is 6.41. The van der Waals surface area contributed by atoms with Crippen LogP contribution in [0.1, 0.15) is 54.0 Å². The Morgan fingerprint density at radius 1 is 0.586 bits per heavy atom. The highest BCUT2D eigenvalue weighted by atomic mass is 16.7. The molecule has 10 atom stereocenters. The molecular weight excluding hydrogens is 762 g/mol. The van der Waals surface area contributed by atoms with Gasteiger partial charge in [0.25, 0.3) is 0 Å². The van der Waals surface area contributed by atoms with Gasteiger partial charge in [-0.1, -0.05) is 66.7 Å². The van der Waals surface area contributed by atoms with Crippen molar-refractivity contribution < 1.29 is 76.5 Å². The first-order valence-corrected chi connectivity index (χ1v) is 18.3. The van der Waals surface area contributed by atoms with Crippen LogP contribution in [-0.2, 0) is 68.4 Å². The van der Waals surface area contributed by atoms with Crippen molar-refractivity contribution >= 4 is 35.8 Å². The Morgan fingerprint density at radius 2 is 1.10 bits per heavy atom. The molecule has 2 aliphatic rings. The van der Waals surface area contributed by atoms with E-state index in [1.54, 1.807) is 36.4 Å². The van der Waals surface area contributed by atoms with E-state index < -0.39 is 104 Å². The second-order valence-corrected chi connectivity index (χ2v) is 13.4. The van der Waals surface area contributed by atoms with Gasteiger partial charge < -0.3 is 53.1 Å². The topological polar surface area (TPSA) is 218 Å². The van der Waals surface area contributed by atoms with Crippen molar-refractivity contribution in [1.82, 2.24) is 5.32 Å². The normalized spacial score (nSPS) is 26.6. The van der Waals surface area contributed by atoms with Crippen LogP contribution in [0, 0.1) is 0 Å². The van der Waals surface area contributed by atoms with Crippen molar-refractivity contribution in [1.29, 1.82) is 0 Å². The molecule has 0 radical (unpaired) electrons. The minimum Gasteiger partial charge on any atom is -0.463 e. The molecule has 3 aromatic rings. The summed E-state index contributed by atoms with van der Waals surface area (Å²) < 4.78 is 53.0. The number of aliphatic hydroxyl groups excluding tert-OH is 1. The number of hydrogen-bond donors (Lipinski definition) is 2. The number of ether oxygens (including phenoxy) is 9. The van der Waals surface area contributed by atoms with Crippen LogP contribution in [0.3, 0.4) is 0 Å². The van der Waals surface area contributed by atoms with Crippen LogP contribution < -0.4 is 5.32 Å². The van der Waals surface area contributed by atoms with Crippen molar-refractivity contribution in [3.8, 4) is 0 Å². The van der Waals surface area contributed by atoms with E-state index in [0.717, 1.165) is 33.3 Å². The largest absolute Gasteiger partial charge is 0.463 e. The molecule has 0 aromatic heterocycles. The fourth-order valence-corrected chi connectivity index (χ4v) is 6.41. The molecule has 1 amide bonds. The molecule has 2 aliphatic heterocycles. The van der Waals surface area contributed by atoms with Gasteiger partial charge in [0.1, 0.15) is 31.0 Å². The summed E-state index contributed by atoms with van der Waals surface area (Å²) in [6.45, 7) is 3.70. The maximum atomic E-state index is 13.8. The van der Waals surface area contributed by atoms with Crippen molar-refractivity contribution in [2.24, 2.45) is 0 Å². The first kappa shape index (κ1) is 43.4. The fraction of sp³-hybridized carbons (Fsp3) is 0.415. The molecule has 0 saturated carbocycles. The zero-order valence-electron chi connectivity index (χ0n) is 32.1. The van der Waals surface area contributed by atoms with Crippen LogP contribution in [0.4, 0.5) is 0 Å². The summed E-state index contributed by atoms with van der Waals surface area (Å²) in [6.07, 6.45) is -14.2. The number of benzene rings is 3. The van der Waals surface area contributed by atoms with Crippen LogP contribution in [0.2, 0.25) is 0 Å². The zero-order valence-corrected chi connectivity index (χ0v) is 32.1. The molecule has 310 valence electrons.